The smallest absolute Gasteiger partial charge is 0.227 e. The Bertz CT molecular complexity index is 512. The topological polar surface area (TPSA) is 50.2 Å². The van der Waals surface area contributed by atoms with Crippen LogP contribution in [0.4, 0.5) is 0 Å². The van der Waals surface area contributed by atoms with Crippen LogP contribution < -0.4 is 5.32 Å². The molecule has 1 aromatic rings. The third-order valence-corrected chi connectivity index (χ3v) is 4.22. The first kappa shape index (κ1) is 19.0. The summed E-state index contributed by atoms with van der Waals surface area (Å²) in [5.74, 6) is 0.777. The number of halogens is 1. The number of carbonyl (C=O) groups excluding carboxylic acids is 1. The average Bonchev–Trinajstić information content (AvgIpc) is 2.66. The number of aryl methyl sites for hydroxylation is 1. The summed E-state index contributed by atoms with van der Waals surface area (Å²) in [4.78, 5) is 14.6. The quantitative estimate of drug-likeness (QED) is 0.919. The van der Waals surface area contributed by atoms with E-state index in [4.69, 9.17) is 0 Å². The minimum atomic E-state index is 0. The fourth-order valence-electron chi connectivity index (χ4n) is 2.98. The first-order valence-corrected chi connectivity index (χ1v) is 7.93. The van der Waals surface area contributed by atoms with Gasteiger partial charge in [0.05, 0.1) is 12.1 Å². The van der Waals surface area contributed by atoms with Gasteiger partial charge in [0.25, 0.3) is 0 Å². The van der Waals surface area contributed by atoms with Crippen LogP contribution >= 0.6 is 12.4 Å². The second kappa shape index (κ2) is 7.97. The Hall–Kier alpha value is -1.07. The number of nitrogens with one attached hydrogen (secondary N) is 1. The second-order valence-electron chi connectivity index (χ2n) is 6.54. The highest BCUT2D eigenvalue weighted by Gasteiger charge is 2.25. The molecule has 0 aromatic carbocycles. The summed E-state index contributed by atoms with van der Waals surface area (Å²) in [5, 5.41) is 7.92. The van der Waals surface area contributed by atoms with Gasteiger partial charge < -0.3 is 10.2 Å². The molecule has 2 heterocycles. The molecule has 0 bridgehead atoms. The maximum Gasteiger partial charge on any atom is 0.227 e. The lowest BCUT2D eigenvalue weighted by atomic mass is 10.1. The van der Waals surface area contributed by atoms with Gasteiger partial charge in [-0.25, -0.2) is 0 Å². The predicted octanol–water partition coefficient (Wildman–Crippen LogP) is 1.94. The lowest BCUT2D eigenvalue weighted by molar-refractivity contribution is -0.133. The van der Waals surface area contributed by atoms with Crippen molar-refractivity contribution in [2.24, 2.45) is 5.92 Å². The molecule has 1 aromatic heterocycles. The van der Waals surface area contributed by atoms with Crippen molar-refractivity contribution in [3.8, 4) is 0 Å². The molecule has 126 valence electrons. The molecule has 0 aliphatic carbocycles. The first-order valence-electron chi connectivity index (χ1n) is 7.93. The van der Waals surface area contributed by atoms with Gasteiger partial charge in [-0.05, 0) is 26.7 Å². The van der Waals surface area contributed by atoms with Gasteiger partial charge in [0.2, 0.25) is 5.91 Å². The van der Waals surface area contributed by atoms with Crippen LogP contribution in [0.3, 0.4) is 0 Å². The molecule has 2 rings (SSSR count). The van der Waals surface area contributed by atoms with Gasteiger partial charge in [-0.2, -0.15) is 5.10 Å². The molecule has 5 nitrogen and oxygen atoms in total. The van der Waals surface area contributed by atoms with E-state index < -0.39 is 0 Å². The third kappa shape index (κ3) is 4.23. The Balaban J connectivity index is 0.00000242. The van der Waals surface area contributed by atoms with Gasteiger partial charge in [-0.15, -0.1) is 12.4 Å². The minimum Gasteiger partial charge on any atom is -0.337 e. The Morgan fingerprint density at radius 2 is 2.09 bits per heavy atom. The number of hydrogen-bond donors (Lipinski definition) is 1. The molecule has 1 aliphatic rings. The van der Waals surface area contributed by atoms with Crippen molar-refractivity contribution in [2.45, 2.75) is 53.6 Å². The molecule has 0 saturated carbocycles. The van der Waals surface area contributed by atoms with Gasteiger partial charge in [-0.3, -0.25) is 9.48 Å². The molecule has 1 atom stereocenters. The minimum absolute atomic E-state index is 0. The number of nitrogens with zero attached hydrogens (tertiary/aromatic N) is 3. The lowest BCUT2D eigenvalue weighted by Crippen LogP contribution is -2.52. The highest BCUT2D eigenvalue weighted by molar-refractivity contribution is 5.85. The summed E-state index contributed by atoms with van der Waals surface area (Å²) in [6.07, 6.45) is 0.472. The number of amides is 1. The van der Waals surface area contributed by atoms with Crippen molar-refractivity contribution >= 4 is 18.3 Å². The van der Waals surface area contributed by atoms with E-state index in [1.54, 1.807) is 0 Å². The molecule has 1 saturated heterocycles. The number of hydrogen-bond acceptors (Lipinski definition) is 3. The van der Waals surface area contributed by atoms with Crippen molar-refractivity contribution in [1.29, 1.82) is 0 Å². The van der Waals surface area contributed by atoms with Crippen LogP contribution in [0.1, 0.15) is 37.7 Å². The van der Waals surface area contributed by atoms with E-state index in [2.05, 4.69) is 38.1 Å². The SMILES string of the molecule is Cc1nn(CC(C)C)c(C)c1CC(=O)N1CCNCC1C.Cl. The maximum atomic E-state index is 12.6. The number of carbonyl (C=O) groups is 1. The maximum absolute atomic E-state index is 12.6. The van der Waals surface area contributed by atoms with Crippen LogP contribution in [0.15, 0.2) is 0 Å². The Labute approximate surface area is 139 Å². The fourth-order valence-corrected chi connectivity index (χ4v) is 2.98. The van der Waals surface area contributed by atoms with Crippen molar-refractivity contribution < 1.29 is 4.79 Å². The van der Waals surface area contributed by atoms with E-state index in [1.165, 1.54) is 0 Å². The van der Waals surface area contributed by atoms with Crippen LogP contribution in [0.2, 0.25) is 0 Å². The molecule has 0 spiro atoms. The van der Waals surface area contributed by atoms with Crippen LogP contribution in [0.5, 0.6) is 0 Å². The van der Waals surface area contributed by atoms with E-state index >= 15 is 0 Å². The summed E-state index contributed by atoms with van der Waals surface area (Å²) < 4.78 is 2.05. The Morgan fingerprint density at radius 3 is 2.68 bits per heavy atom. The average molecular weight is 329 g/mol. The highest BCUT2D eigenvalue weighted by Crippen LogP contribution is 2.17. The van der Waals surface area contributed by atoms with Crippen LogP contribution in [0, 0.1) is 19.8 Å². The van der Waals surface area contributed by atoms with E-state index in [9.17, 15) is 4.79 Å². The van der Waals surface area contributed by atoms with E-state index in [-0.39, 0.29) is 24.4 Å². The normalized spacial score (nSPS) is 18.5. The predicted molar refractivity (Wildman–Crippen MR) is 91.5 cm³/mol. The summed E-state index contributed by atoms with van der Waals surface area (Å²) >= 11 is 0. The molecule has 0 radical (unpaired) electrons. The van der Waals surface area contributed by atoms with Crippen molar-refractivity contribution in [2.75, 3.05) is 19.6 Å². The molecule has 1 amide bonds. The molecule has 6 heteroatoms. The molecular weight excluding hydrogens is 300 g/mol. The van der Waals surface area contributed by atoms with Crippen LogP contribution in [-0.4, -0.2) is 46.3 Å². The van der Waals surface area contributed by atoms with Gasteiger partial charge in [0.15, 0.2) is 0 Å². The van der Waals surface area contributed by atoms with Gasteiger partial charge in [-0.1, -0.05) is 13.8 Å². The summed E-state index contributed by atoms with van der Waals surface area (Å²) in [6, 6.07) is 0.276. The second-order valence-corrected chi connectivity index (χ2v) is 6.54. The molecule has 1 unspecified atom stereocenters. The van der Waals surface area contributed by atoms with Crippen molar-refractivity contribution in [1.82, 2.24) is 20.0 Å². The van der Waals surface area contributed by atoms with E-state index in [0.29, 0.717) is 12.3 Å². The monoisotopic (exact) mass is 328 g/mol. The molecule has 1 N–H and O–H groups in total. The zero-order chi connectivity index (χ0) is 15.6. The largest absolute Gasteiger partial charge is 0.337 e. The zero-order valence-electron chi connectivity index (χ0n) is 14.3. The zero-order valence-corrected chi connectivity index (χ0v) is 15.2. The van der Waals surface area contributed by atoms with Crippen LogP contribution in [-0.2, 0) is 17.8 Å². The standard InChI is InChI=1S/C16H28N4O.ClH/c1-11(2)10-20-14(5)15(13(4)18-20)8-16(21)19-7-6-17-9-12(19)3;/h11-12,17H,6-10H2,1-5H3;1H. The van der Waals surface area contributed by atoms with Gasteiger partial charge in [0, 0.05) is 43.5 Å². The van der Waals surface area contributed by atoms with Crippen molar-refractivity contribution in [3.05, 3.63) is 17.0 Å². The van der Waals surface area contributed by atoms with Crippen LogP contribution in [0.25, 0.3) is 0 Å². The number of piperazine rings is 1. The molecule has 22 heavy (non-hydrogen) atoms. The Kier molecular flexibility index (Phi) is 6.88. The first-order chi connectivity index (χ1) is 9.90. The lowest BCUT2D eigenvalue weighted by Gasteiger charge is -2.34. The van der Waals surface area contributed by atoms with Gasteiger partial charge in [0.1, 0.15) is 0 Å². The van der Waals surface area contributed by atoms with Gasteiger partial charge >= 0.3 is 0 Å². The van der Waals surface area contributed by atoms with E-state index in [1.807, 2.05) is 16.5 Å². The molecule has 1 fully saturated rings. The molecular formula is C16H29ClN4O. The number of rotatable bonds is 4. The summed E-state index contributed by atoms with van der Waals surface area (Å²) in [6.45, 7) is 14.0. The molecule has 1 aliphatic heterocycles. The summed E-state index contributed by atoms with van der Waals surface area (Å²) in [7, 11) is 0. The van der Waals surface area contributed by atoms with E-state index in [0.717, 1.165) is 43.1 Å². The Morgan fingerprint density at radius 1 is 1.41 bits per heavy atom. The third-order valence-electron chi connectivity index (χ3n) is 4.22. The number of aromatic nitrogens is 2. The van der Waals surface area contributed by atoms with Crippen molar-refractivity contribution in [3.63, 3.8) is 0 Å². The summed E-state index contributed by atoms with van der Waals surface area (Å²) in [5.41, 5.74) is 3.23. The fraction of sp³-hybridized carbons (Fsp3) is 0.750. The highest BCUT2D eigenvalue weighted by atomic mass is 35.5.